The molecule has 2 heterocycles. The largest absolute Gasteiger partial charge is 0.445 e. The number of nitrogens with zero attached hydrogens (tertiary/aromatic N) is 2. The van der Waals surface area contributed by atoms with Gasteiger partial charge < -0.3 is 24.4 Å². The van der Waals surface area contributed by atoms with E-state index in [9.17, 15) is 14.0 Å². The van der Waals surface area contributed by atoms with Gasteiger partial charge in [0.05, 0.1) is 17.3 Å². The van der Waals surface area contributed by atoms with Crippen LogP contribution in [0.1, 0.15) is 39.8 Å². The molecule has 156 valence electrons. The maximum Gasteiger partial charge on any atom is 0.408 e. The van der Waals surface area contributed by atoms with Crippen LogP contribution in [0.4, 0.5) is 14.9 Å². The van der Waals surface area contributed by atoms with E-state index in [1.165, 1.54) is 30.8 Å². The Labute approximate surface area is 176 Å². The van der Waals surface area contributed by atoms with Crippen molar-refractivity contribution in [3.05, 3.63) is 70.4 Å². The van der Waals surface area contributed by atoms with E-state index in [4.69, 9.17) is 20.8 Å². The van der Waals surface area contributed by atoms with Crippen LogP contribution in [-0.4, -0.2) is 21.6 Å². The van der Waals surface area contributed by atoms with Gasteiger partial charge in [0.25, 0.3) is 5.91 Å². The number of oxazole rings is 1. The number of anilines is 1. The summed E-state index contributed by atoms with van der Waals surface area (Å²) in [7, 11) is 1.75. The van der Waals surface area contributed by atoms with Crippen LogP contribution < -0.4 is 10.6 Å². The Bertz CT molecular complexity index is 1100. The Morgan fingerprint density at radius 1 is 1.43 bits per heavy atom. The molecule has 2 aromatic heterocycles. The average molecular weight is 433 g/mol. The Morgan fingerprint density at radius 2 is 2.27 bits per heavy atom. The minimum absolute atomic E-state index is 0.0198. The molecule has 10 heteroatoms. The molecule has 0 aliphatic heterocycles. The number of nitrogens with one attached hydrogen (secondary N) is 2. The van der Waals surface area contributed by atoms with Gasteiger partial charge in [-0.3, -0.25) is 4.79 Å². The molecule has 1 aromatic carbocycles. The predicted molar refractivity (Wildman–Crippen MR) is 106 cm³/mol. The highest BCUT2D eigenvalue weighted by atomic mass is 35.5. The number of aryl methyl sites for hydroxylation is 1. The summed E-state index contributed by atoms with van der Waals surface area (Å²) in [6.07, 6.45) is 5.23. The first-order valence-corrected chi connectivity index (χ1v) is 9.55. The second-order valence-corrected chi connectivity index (χ2v) is 7.29. The number of ether oxygens (including phenoxy) is 1. The molecule has 0 fully saturated rings. The molecule has 2 N–H and O–H groups in total. The number of fused-ring (bicyclic) bond motifs is 1. The lowest BCUT2D eigenvalue weighted by Gasteiger charge is -2.12. The van der Waals surface area contributed by atoms with Crippen LogP contribution in [-0.2, 0) is 24.8 Å². The standard InChI is InChI=1S/C20H18ClFN4O4/c1-26-8-14-13(18(26)19(27)24-11-2-4-16(22)15(21)6-11)3-5-17(14)25-20(28)29-9-12-7-23-10-30-12/h2,4,6-8,10,17H,3,5,9H2,1H3,(H,24,27)(H,25,28). The van der Waals surface area contributed by atoms with E-state index in [0.717, 1.165) is 11.1 Å². The summed E-state index contributed by atoms with van der Waals surface area (Å²) in [6, 6.07) is 3.72. The van der Waals surface area contributed by atoms with Gasteiger partial charge in [-0.15, -0.1) is 0 Å². The van der Waals surface area contributed by atoms with Gasteiger partial charge in [0.15, 0.2) is 18.8 Å². The van der Waals surface area contributed by atoms with Crippen LogP contribution in [0.5, 0.6) is 0 Å². The Morgan fingerprint density at radius 3 is 3.00 bits per heavy atom. The van der Waals surface area contributed by atoms with Crippen LogP contribution in [0.3, 0.4) is 0 Å². The zero-order valence-corrected chi connectivity index (χ0v) is 16.7. The van der Waals surface area contributed by atoms with Crippen molar-refractivity contribution in [2.75, 3.05) is 5.32 Å². The number of hydrogen-bond donors (Lipinski definition) is 2. The van der Waals surface area contributed by atoms with E-state index in [1.54, 1.807) is 11.6 Å². The fourth-order valence-electron chi connectivity index (χ4n) is 3.55. The normalized spacial score (nSPS) is 15.0. The Hall–Kier alpha value is -3.33. The second-order valence-electron chi connectivity index (χ2n) is 6.88. The molecule has 0 bridgehead atoms. The zero-order valence-electron chi connectivity index (χ0n) is 15.9. The number of rotatable bonds is 5. The molecule has 8 nitrogen and oxygen atoms in total. The SMILES string of the molecule is Cn1cc2c(c1C(=O)Nc1ccc(F)c(Cl)c1)CCC2NC(=O)OCc1cnco1. The number of carbonyl (C=O) groups is 2. The van der Waals surface area contributed by atoms with Gasteiger partial charge in [-0.05, 0) is 42.2 Å². The summed E-state index contributed by atoms with van der Waals surface area (Å²) in [5, 5.41) is 5.48. The lowest BCUT2D eigenvalue weighted by atomic mass is 10.1. The molecule has 1 aliphatic carbocycles. The maximum absolute atomic E-state index is 13.3. The molecule has 3 aromatic rings. The molecule has 0 spiro atoms. The van der Waals surface area contributed by atoms with Crippen LogP contribution in [0.25, 0.3) is 0 Å². The fourth-order valence-corrected chi connectivity index (χ4v) is 3.73. The van der Waals surface area contributed by atoms with Crippen LogP contribution in [0.15, 0.2) is 41.4 Å². The topological polar surface area (TPSA) is 98.4 Å². The van der Waals surface area contributed by atoms with E-state index < -0.39 is 11.9 Å². The third-order valence-electron chi connectivity index (χ3n) is 4.89. The number of benzene rings is 1. The number of carbonyl (C=O) groups excluding carboxylic acids is 2. The highest BCUT2D eigenvalue weighted by Gasteiger charge is 2.31. The molecule has 1 aliphatic rings. The summed E-state index contributed by atoms with van der Waals surface area (Å²) in [5.74, 6) is -0.453. The predicted octanol–water partition coefficient (Wildman–Crippen LogP) is 3.97. The van der Waals surface area contributed by atoms with Crippen LogP contribution in [0.2, 0.25) is 5.02 Å². The molecule has 1 unspecified atom stereocenters. The monoisotopic (exact) mass is 432 g/mol. The molecule has 0 saturated heterocycles. The first kappa shape index (κ1) is 20.0. The zero-order chi connectivity index (χ0) is 21.3. The van der Waals surface area contributed by atoms with Crippen molar-refractivity contribution in [3.8, 4) is 0 Å². The highest BCUT2D eigenvalue weighted by molar-refractivity contribution is 6.31. The van der Waals surface area contributed by atoms with Crippen molar-refractivity contribution < 1.29 is 23.1 Å². The summed E-state index contributed by atoms with van der Waals surface area (Å²) in [6.45, 7) is -0.0198. The van der Waals surface area contributed by atoms with Crippen molar-refractivity contribution in [2.45, 2.75) is 25.5 Å². The van der Waals surface area contributed by atoms with Crippen molar-refractivity contribution in [3.63, 3.8) is 0 Å². The lowest BCUT2D eigenvalue weighted by molar-refractivity contribution is 0.101. The average Bonchev–Trinajstić information content (AvgIpc) is 3.41. The molecule has 4 rings (SSSR count). The van der Waals surface area contributed by atoms with E-state index >= 15 is 0 Å². The van der Waals surface area contributed by atoms with Crippen LogP contribution >= 0.6 is 11.6 Å². The smallest absolute Gasteiger partial charge is 0.408 e. The van der Waals surface area contributed by atoms with Gasteiger partial charge in [0.1, 0.15) is 11.5 Å². The summed E-state index contributed by atoms with van der Waals surface area (Å²) >= 11 is 5.78. The van der Waals surface area contributed by atoms with Gasteiger partial charge in [-0.25, -0.2) is 14.2 Å². The maximum atomic E-state index is 13.3. The fraction of sp³-hybridized carbons (Fsp3) is 0.250. The number of aromatic nitrogens is 2. The van der Waals surface area contributed by atoms with Gasteiger partial charge in [0, 0.05) is 18.9 Å². The van der Waals surface area contributed by atoms with Crippen LogP contribution in [0, 0.1) is 5.82 Å². The Balaban J connectivity index is 1.44. The summed E-state index contributed by atoms with van der Waals surface area (Å²) in [4.78, 5) is 28.7. The minimum Gasteiger partial charge on any atom is -0.445 e. The number of halogens is 2. The van der Waals surface area contributed by atoms with Gasteiger partial charge >= 0.3 is 6.09 Å². The molecule has 1 atom stereocenters. The Kier molecular flexibility index (Phi) is 5.45. The molecule has 2 amide bonds. The van der Waals surface area contributed by atoms with E-state index in [1.807, 2.05) is 6.20 Å². The van der Waals surface area contributed by atoms with Gasteiger partial charge in [-0.2, -0.15) is 0 Å². The molecular weight excluding hydrogens is 415 g/mol. The quantitative estimate of drug-likeness (QED) is 0.635. The van der Waals surface area contributed by atoms with E-state index in [0.29, 0.717) is 30.0 Å². The highest BCUT2D eigenvalue weighted by Crippen LogP contribution is 2.35. The number of alkyl carbamates (subject to hydrolysis) is 1. The number of hydrogen-bond acceptors (Lipinski definition) is 5. The number of amides is 2. The lowest BCUT2D eigenvalue weighted by Crippen LogP contribution is -2.27. The van der Waals surface area contributed by atoms with Crippen molar-refractivity contribution in [1.29, 1.82) is 0 Å². The van der Waals surface area contributed by atoms with E-state index in [2.05, 4.69) is 15.6 Å². The van der Waals surface area contributed by atoms with Crippen molar-refractivity contribution in [2.24, 2.45) is 7.05 Å². The molecular formula is C20H18ClFN4O4. The molecule has 0 radical (unpaired) electrons. The van der Waals surface area contributed by atoms with Gasteiger partial charge in [0.2, 0.25) is 0 Å². The second kappa shape index (κ2) is 8.19. The summed E-state index contributed by atoms with van der Waals surface area (Å²) in [5.41, 5.74) is 2.58. The van der Waals surface area contributed by atoms with E-state index in [-0.39, 0.29) is 23.6 Å². The molecule has 0 saturated carbocycles. The summed E-state index contributed by atoms with van der Waals surface area (Å²) < 4.78 is 25.2. The molecule has 30 heavy (non-hydrogen) atoms. The van der Waals surface area contributed by atoms with Crippen molar-refractivity contribution in [1.82, 2.24) is 14.9 Å². The first-order valence-electron chi connectivity index (χ1n) is 9.17. The van der Waals surface area contributed by atoms with Crippen molar-refractivity contribution >= 4 is 29.3 Å². The third-order valence-corrected chi connectivity index (χ3v) is 5.18. The minimum atomic E-state index is -0.583. The van der Waals surface area contributed by atoms with Gasteiger partial charge in [-0.1, -0.05) is 11.6 Å². The third kappa shape index (κ3) is 4.02. The first-order chi connectivity index (χ1) is 14.4.